The van der Waals surface area contributed by atoms with Gasteiger partial charge in [0.2, 0.25) is 0 Å². The Hall–Kier alpha value is 0.230. The largest absolute Gasteiger partial charge is 0.396 e. The number of hydrogen-bond acceptors (Lipinski definition) is 4. The minimum atomic E-state index is -0.294. The van der Waals surface area contributed by atoms with E-state index in [9.17, 15) is 0 Å². The summed E-state index contributed by atoms with van der Waals surface area (Å²) in [7, 11) is 0. The molecule has 0 aromatic rings. The fraction of sp³-hybridized carbons (Fsp3) is 1.00. The summed E-state index contributed by atoms with van der Waals surface area (Å²) < 4.78 is 4.71. The molecular formula is C8H21NO2S. The van der Waals surface area contributed by atoms with Crippen molar-refractivity contribution in [1.29, 1.82) is 0 Å². The molecule has 0 amide bonds. The lowest BCUT2D eigenvalue weighted by molar-refractivity contribution is 0.103. The van der Waals surface area contributed by atoms with Gasteiger partial charge in [-0.1, -0.05) is 13.8 Å². The highest BCUT2D eigenvalue weighted by atomic mass is 32.1. The molecule has 0 bridgehead atoms. The lowest BCUT2D eigenvalue weighted by atomic mass is 10.1. The number of rotatable bonds is 3. The van der Waals surface area contributed by atoms with Crippen LogP contribution in [0.2, 0.25) is 0 Å². The van der Waals surface area contributed by atoms with Gasteiger partial charge < -0.3 is 15.0 Å². The normalized spacial score (nSPS) is 11.0. The van der Waals surface area contributed by atoms with Crippen molar-refractivity contribution in [1.82, 2.24) is 0 Å². The van der Waals surface area contributed by atoms with Gasteiger partial charge in [-0.15, -0.1) is 0 Å². The van der Waals surface area contributed by atoms with Crippen LogP contribution in [0, 0.1) is 0 Å². The summed E-state index contributed by atoms with van der Waals surface area (Å²) in [6, 6.07) is 0.333. The first-order chi connectivity index (χ1) is 5.35. The third-order valence-electron chi connectivity index (χ3n) is 0.961. The Kier molecular flexibility index (Phi) is 9.65. The minimum absolute atomic E-state index is 0.146. The molecule has 0 aromatic heterocycles. The summed E-state index contributed by atoms with van der Waals surface area (Å²) in [5, 5.41) is 8.42. The predicted octanol–water partition coefficient (Wildman–Crippen LogP) is 1.36. The summed E-state index contributed by atoms with van der Waals surface area (Å²) in [4.78, 5) is 0. The second-order valence-corrected chi connectivity index (χ2v) is 3.75. The van der Waals surface area contributed by atoms with Gasteiger partial charge >= 0.3 is 0 Å². The quantitative estimate of drug-likeness (QED) is 0.471. The van der Waals surface area contributed by atoms with Crippen LogP contribution in [-0.2, 0) is 4.18 Å². The Morgan fingerprint density at radius 3 is 1.92 bits per heavy atom. The van der Waals surface area contributed by atoms with E-state index in [1.54, 1.807) is 0 Å². The highest BCUT2D eigenvalue weighted by molar-refractivity contribution is 7.75. The summed E-state index contributed by atoms with van der Waals surface area (Å²) in [6.45, 7) is 7.78. The highest BCUT2D eigenvalue weighted by Crippen LogP contribution is 2.14. The molecule has 0 atom stereocenters. The van der Waals surface area contributed by atoms with E-state index in [-0.39, 0.29) is 12.2 Å². The maximum absolute atomic E-state index is 8.42. The minimum Gasteiger partial charge on any atom is -0.396 e. The predicted molar refractivity (Wildman–Crippen MR) is 55.2 cm³/mol. The number of hydrogen-bond donors (Lipinski definition) is 3. The molecule has 0 fully saturated rings. The zero-order chi connectivity index (χ0) is 10.2. The first-order valence-electron chi connectivity index (χ1n) is 4.04. The SMILES string of the molecule is CC(C)(CCO)OS.CC(C)N. The standard InChI is InChI=1S/C5H12O2S.C3H9N/c1-5(2,7-8)3-4-6;1-3(2)4/h6,8H,3-4H2,1-2H3;3H,4H2,1-2H3. The topological polar surface area (TPSA) is 55.5 Å². The van der Waals surface area contributed by atoms with Crippen molar-refractivity contribution in [2.24, 2.45) is 5.73 Å². The molecule has 4 heteroatoms. The molecule has 76 valence electrons. The third kappa shape index (κ3) is 16.7. The molecule has 0 rings (SSSR count). The molecule has 0 saturated heterocycles. The van der Waals surface area contributed by atoms with Crippen LogP contribution in [0.4, 0.5) is 0 Å². The van der Waals surface area contributed by atoms with Crippen molar-refractivity contribution in [3.63, 3.8) is 0 Å². The monoisotopic (exact) mass is 195 g/mol. The number of thiol groups is 1. The molecule has 0 aromatic carbocycles. The fourth-order valence-corrected chi connectivity index (χ4v) is 0.406. The first-order valence-corrected chi connectivity index (χ1v) is 4.41. The number of aliphatic hydroxyl groups excluding tert-OH is 1. The maximum Gasteiger partial charge on any atom is 0.0791 e. The summed E-state index contributed by atoms with van der Waals surface area (Å²) in [5.74, 6) is 0. The second-order valence-electron chi connectivity index (χ2n) is 3.57. The molecule has 0 radical (unpaired) electrons. The average Bonchev–Trinajstić information content (AvgIpc) is 1.86. The van der Waals surface area contributed by atoms with Gasteiger partial charge in [0.05, 0.1) is 5.60 Å². The smallest absolute Gasteiger partial charge is 0.0791 e. The van der Waals surface area contributed by atoms with Crippen LogP contribution in [0.25, 0.3) is 0 Å². The van der Waals surface area contributed by atoms with Gasteiger partial charge in [-0.2, -0.15) is 0 Å². The molecule has 0 aliphatic rings. The second kappa shape index (κ2) is 7.86. The van der Waals surface area contributed by atoms with Crippen LogP contribution in [0.3, 0.4) is 0 Å². The Bertz CT molecular complexity index is 94.3. The van der Waals surface area contributed by atoms with Crippen LogP contribution >= 0.6 is 12.9 Å². The molecule has 0 aliphatic heterocycles. The van der Waals surface area contributed by atoms with E-state index in [4.69, 9.17) is 15.0 Å². The van der Waals surface area contributed by atoms with Crippen LogP contribution in [0.1, 0.15) is 34.1 Å². The van der Waals surface area contributed by atoms with Crippen LogP contribution < -0.4 is 5.73 Å². The highest BCUT2D eigenvalue weighted by Gasteiger charge is 2.15. The van der Waals surface area contributed by atoms with Crippen LogP contribution in [0.5, 0.6) is 0 Å². The van der Waals surface area contributed by atoms with Crippen LogP contribution in [-0.4, -0.2) is 23.4 Å². The van der Waals surface area contributed by atoms with Crippen molar-refractivity contribution >= 4 is 12.9 Å². The third-order valence-corrected chi connectivity index (χ3v) is 1.46. The molecular weight excluding hydrogens is 174 g/mol. The van der Waals surface area contributed by atoms with Gasteiger partial charge in [0.25, 0.3) is 0 Å². The van der Waals surface area contributed by atoms with Crippen LogP contribution in [0.15, 0.2) is 0 Å². The van der Waals surface area contributed by atoms with Crippen molar-refractivity contribution in [2.75, 3.05) is 6.61 Å². The molecule has 3 nitrogen and oxygen atoms in total. The Balaban J connectivity index is 0. The summed E-state index contributed by atoms with van der Waals surface area (Å²) in [5.41, 5.74) is 4.82. The molecule has 0 aliphatic carbocycles. The van der Waals surface area contributed by atoms with E-state index in [2.05, 4.69) is 12.9 Å². The Labute approximate surface area is 80.9 Å². The first kappa shape index (κ1) is 14.7. The van der Waals surface area contributed by atoms with Crippen molar-refractivity contribution in [2.45, 2.75) is 45.8 Å². The Morgan fingerprint density at radius 1 is 1.50 bits per heavy atom. The van der Waals surface area contributed by atoms with Gasteiger partial charge in [-0.05, 0) is 32.8 Å². The zero-order valence-corrected chi connectivity index (χ0v) is 9.27. The molecule has 0 spiro atoms. The molecule has 0 saturated carbocycles. The maximum atomic E-state index is 8.42. The van der Waals surface area contributed by atoms with E-state index in [0.717, 1.165) is 0 Å². The van der Waals surface area contributed by atoms with E-state index in [0.29, 0.717) is 12.5 Å². The van der Waals surface area contributed by atoms with E-state index in [1.807, 2.05) is 27.7 Å². The fourth-order valence-electron chi connectivity index (χ4n) is 0.315. The summed E-state index contributed by atoms with van der Waals surface area (Å²) in [6.07, 6.45) is 0.622. The number of nitrogens with two attached hydrogens (primary N) is 1. The van der Waals surface area contributed by atoms with Gasteiger partial charge in [-0.25, -0.2) is 0 Å². The van der Waals surface area contributed by atoms with Gasteiger partial charge in [0, 0.05) is 13.0 Å². The molecule has 0 unspecified atom stereocenters. The number of aliphatic hydroxyl groups is 1. The van der Waals surface area contributed by atoms with Gasteiger partial charge in [-0.3, -0.25) is 0 Å². The van der Waals surface area contributed by atoms with Crippen molar-refractivity contribution in [3.8, 4) is 0 Å². The average molecular weight is 195 g/mol. The summed E-state index contributed by atoms with van der Waals surface area (Å²) >= 11 is 3.62. The zero-order valence-electron chi connectivity index (χ0n) is 8.37. The molecule has 12 heavy (non-hydrogen) atoms. The molecule has 0 heterocycles. The van der Waals surface area contributed by atoms with Crippen molar-refractivity contribution < 1.29 is 9.29 Å². The Morgan fingerprint density at radius 2 is 1.83 bits per heavy atom. The van der Waals surface area contributed by atoms with Gasteiger partial charge in [0.15, 0.2) is 0 Å². The lowest BCUT2D eigenvalue weighted by Gasteiger charge is -2.19. The van der Waals surface area contributed by atoms with Gasteiger partial charge in [0.1, 0.15) is 0 Å². The lowest BCUT2D eigenvalue weighted by Crippen LogP contribution is -2.21. The van der Waals surface area contributed by atoms with E-state index in [1.165, 1.54) is 0 Å². The van der Waals surface area contributed by atoms with E-state index >= 15 is 0 Å². The van der Waals surface area contributed by atoms with Crippen molar-refractivity contribution in [3.05, 3.63) is 0 Å². The molecule has 3 N–H and O–H groups in total. The van der Waals surface area contributed by atoms with E-state index < -0.39 is 0 Å².